The Morgan fingerprint density at radius 3 is 2.66 bits per heavy atom. The van der Waals surface area contributed by atoms with Crippen LogP contribution in [0.2, 0.25) is 0 Å². The number of carbonyl (C=O) groups is 1. The number of fused-ring (bicyclic) bond motifs is 2. The van der Waals surface area contributed by atoms with Gasteiger partial charge in [-0.2, -0.15) is 5.10 Å². The molecule has 0 unspecified atom stereocenters. The van der Waals surface area contributed by atoms with Gasteiger partial charge in [0.15, 0.2) is 0 Å². The van der Waals surface area contributed by atoms with Crippen molar-refractivity contribution in [2.45, 2.75) is 71.8 Å². The highest BCUT2D eigenvalue weighted by atomic mass is 16.6. The van der Waals surface area contributed by atoms with E-state index in [1.165, 1.54) is 0 Å². The fourth-order valence-corrected chi connectivity index (χ4v) is 4.98. The first-order chi connectivity index (χ1) is 17.9. The van der Waals surface area contributed by atoms with Crippen LogP contribution in [0.4, 0.5) is 10.6 Å². The molecule has 0 aliphatic carbocycles. The van der Waals surface area contributed by atoms with Crippen molar-refractivity contribution in [2.24, 2.45) is 0 Å². The minimum absolute atomic E-state index is 0.0901. The van der Waals surface area contributed by atoms with E-state index in [9.17, 15) is 9.90 Å². The van der Waals surface area contributed by atoms with Crippen molar-refractivity contribution < 1.29 is 14.6 Å². The van der Waals surface area contributed by atoms with Gasteiger partial charge in [0.25, 0.3) is 0 Å². The molecule has 1 aromatic carbocycles. The molecule has 1 aliphatic heterocycles. The number of hydrogen-bond donors (Lipinski definition) is 2. The number of nitrogens with one attached hydrogen (secondary N) is 1. The van der Waals surface area contributed by atoms with Gasteiger partial charge >= 0.3 is 6.09 Å². The zero-order valence-electron chi connectivity index (χ0n) is 22.9. The highest BCUT2D eigenvalue weighted by Crippen LogP contribution is 2.34. The first-order valence-corrected chi connectivity index (χ1v) is 13.0. The van der Waals surface area contributed by atoms with E-state index in [2.05, 4.69) is 28.4 Å². The van der Waals surface area contributed by atoms with Crippen molar-refractivity contribution in [3.8, 4) is 11.3 Å². The van der Waals surface area contributed by atoms with E-state index in [1.54, 1.807) is 18.7 Å². The number of anilines is 1. The number of aryl methyl sites for hydroxylation is 1. The molecule has 0 spiro atoms. The zero-order chi connectivity index (χ0) is 27.2. The standard InChI is InChI=1S/C29H36N6O3/c1-18-21(7-8-24-23(18)15-32-35(24)17-29(5,6)37)26-22-13-25(31-14-19(22)9-11-30-26)33-20-10-12-34(16-20)27(36)38-28(2,3)4/h7-9,11,13-15,20,37H,10,12,16-17H2,1-6H3,(H,31,33)/t20-/m1/s1. The third-order valence-electron chi connectivity index (χ3n) is 6.73. The predicted octanol–water partition coefficient (Wildman–Crippen LogP) is 5.15. The number of amides is 1. The molecule has 0 saturated carbocycles. The van der Waals surface area contributed by atoms with Crippen LogP contribution in [0.1, 0.15) is 46.6 Å². The summed E-state index contributed by atoms with van der Waals surface area (Å²) >= 11 is 0. The summed E-state index contributed by atoms with van der Waals surface area (Å²) in [5.41, 5.74) is 2.60. The largest absolute Gasteiger partial charge is 0.444 e. The van der Waals surface area contributed by atoms with Crippen molar-refractivity contribution in [1.82, 2.24) is 24.6 Å². The highest BCUT2D eigenvalue weighted by molar-refractivity contribution is 5.99. The molecule has 9 nitrogen and oxygen atoms in total. The monoisotopic (exact) mass is 516 g/mol. The number of rotatable bonds is 5. The predicted molar refractivity (Wildman–Crippen MR) is 149 cm³/mol. The van der Waals surface area contributed by atoms with Crippen LogP contribution in [-0.2, 0) is 11.3 Å². The average molecular weight is 517 g/mol. The fraction of sp³-hybridized carbons (Fsp3) is 0.448. The topological polar surface area (TPSA) is 105 Å². The lowest BCUT2D eigenvalue weighted by molar-refractivity contribution is 0.0293. The normalized spacial score (nSPS) is 16.4. The molecule has 1 atom stereocenters. The summed E-state index contributed by atoms with van der Waals surface area (Å²) in [6.07, 6.45) is 6.07. The van der Waals surface area contributed by atoms with Gasteiger partial charge < -0.3 is 20.1 Å². The van der Waals surface area contributed by atoms with E-state index in [0.29, 0.717) is 19.6 Å². The van der Waals surface area contributed by atoms with E-state index in [0.717, 1.165) is 50.7 Å². The summed E-state index contributed by atoms with van der Waals surface area (Å²) in [5.74, 6) is 0.750. The number of benzene rings is 1. The van der Waals surface area contributed by atoms with Crippen molar-refractivity contribution in [2.75, 3.05) is 18.4 Å². The van der Waals surface area contributed by atoms with Crippen LogP contribution in [0.3, 0.4) is 0 Å². The molecule has 2 N–H and O–H groups in total. The highest BCUT2D eigenvalue weighted by Gasteiger charge is 2.30. The summed E-state index contributed by atoms with van der Waals surface area (Å²) in [7, 11) is 0. The first-order valence-electron chi connectivity index (χ1n) is 13.0. The Bertz CT molecular complexity index is 1500. The van der Waals surface area contributed by atoms with Gasteiger partial charge in [0.05, 0.1) is 29.6 Å². The van der Waals surface area contributed by atoms with E-state index in [4.69, 9.17) is 9.72 Å². The van der Waals surface area contributed by atoms with Gasteiger partial charge in [-0.1, -0.05) is 6.07 Å². The summed E-state index contributed by atoms with van der Waals surface area (Å²) in [5, 5.41) is 21.3. The van der Waals surface area contributed by atoms with Gasteiger partial charge in [0.2, 0.25) is 0 Å². The lowest BCUT2D eigenvalue weighted by Crippen LogP contribution is -2.36. The molecule has 0 bridgehead atoms. The molecule has 4 aromatic rings. The molecule has 5 rings (SSSR count). The molecule has 1 saturated heterocycles. The number of nitrogens with zero attached hydrogens (tertiary/aromatic N) is 5. The van der Waals surface area contributed by atoms with Crippen LogP contribution in [-0.4, -0.2) is 66.2 Å². The van der Waals surface area contributed by atoms with Crippen molar-refractivity contribution in [3.05, 3.63) is 48.4 Å². The molecule has 1 aliphatic rings. The van der Waals surface area contributed by atoms with E-state index in [-0.39, 0.29) is 12.1 Å². The average Bonchev–Trinajstić information content (AvgIpc) is 3.45. The molecular formula is C29H36N6O3. The number of ether oxygens (including phenoxy) is 1. The fourth-order valence-electron chi connectivity index (χ4n) is 4.98. The molecule has 0 radical (unpaired) electrons. The number of aliphatic hydroxyl groups is 1. The smallest absolute Gasteiger partial charge is 0.410 e. The Balaban J connectivity index is 1.42. The van der Waals surface area contributed by atoms with Crippen LogP contribution in [0, 0.1) is 6.92 Å². The van der Waals surface area contributed by atoms with Crippen LogP contribution in [0.5, 0.6) is 0 Å². The van der Waals surface area contributed by atoms with Crippen LogP contribution in [0.15, 0.2) is 42.9 Å². The van der Waals surface area contributed by atoms with E-state index >= 15 is 0 Å². The van der Waals surface area contributed by atoms with Crippen LogP contribution >= 0.6 is 0 Å². The van der Waals surface area contributed by atoms with Gasteiger partial charge in [-0.05, 0) is 71.7 Å². The van der Waals surface area contributed by atoms with Gasteiger partial charge in [-0.25, -0.2) is 9.78 Å². The summed E-state index contributed by atoms with van der Waals surface area (Å²) in [4.78, 5) is 23.6. The van der Waals surface area contributed by atoms with Gasteiger partial charge in [-0.15, -0.1) is 0 Å². The molecule has 38 heavy (non-hydrogen) atoms. The van der Waals surface area contributed by atoms with Crippen LogP contribution < -0.4 is 5.32 Å². The maximum absolute atomic E-state index is 12.5. The number of carbonyl (C=O) groups excluding carboxylic acids is 1. The molecular weight excluding hydrogens is 480 g/mol. The second-order valence-corrected chi connectivity index (χ2v) is 11.8. The second-order valence-electron chi connectivity index (χ2n) is 11.8. The molecule has 4 heterocycles. The summed E-state index contributed by atoms with van der Waals surface area (Å²) < 4.78 is 7.37. The number of pyridine rings is 2. The minimum atomic E-state index is -0.859. The molecule has 200 valence electrons. The van der Waals surface area contributed by atoms with Crippen molar-refractivity contribution in [1.29, 1.82) is 0 Å². The summed E-state index contributed by atoms with van der Waals surface area (Å²) in [6.45, 7) is 12.9. The van der Waals surface area contributed by atoms with Crippen molar-refractivity contribution in [3.63, 3.8) is 0 Å². The first kappa shape index (κ1) is 25.9. The lowest BCUT2D eigenvalue weighted by Gasteiger charge is -2.24. The summed E-state index contributed by atoms with van der Waals surface area (Å²) in [6, 6.07) is 8.21. The maximum Gasteiger partial charge on any atom is 0.410 e. The Morgan fingerprint density at radius 1 is 1.13 bits per heavy atom. The molecule has 1 fully saturated rings. The minimum Gasteiger partial charge on any atom is -0.444 e. The third-order valence-corrected chi connectivity index (χ3v) is 6.73. The lowest BCUT2D eigenvalue weighted by atomic mass is 9.98. The molecule has 3 aromatic heterocycles. The number of aromatic nitrogens is 4. The zero-order valence-corrected chi connectivity index (χ0v) is 22.9. The molecule has 9 heteroatoms. The van der Waals surface area contributed by atoms with Crippen LogP contribution in [0.25, 0.3) is 32.9 Å². The quantitative estimate of drug-likeness (QED) is 0.378. The Morgan fingerprint density at radius 2 is 1.92 bits per heavy atom. The Kier molecular flexibility index (Phi) is 6.51. The third kappa shape index (κ3) is 5.43. The molecule has 1 amide bonds. The number of likely N-dealkylation sites (tertiary alicyclic amines) is 1. The van der Waals surface area contributed by atoms with Gasteiger partial charge in [-0.3, -0.25) is 9.67 Å². The SMILES string of the molecule is Cc1c(-c2nccc3cnc(N[C@@H]4CCN(C(=O)OC(C)(C)C)C4)cc23)ccc2c1cnn2CC(C)(C)O. The van der Waals surface area contributed by atoms with Gasteiger partial charge in [0, 0.05) is 53.2 Å². The second kappa shape index (κ2) is 9.54. The van der Waals surface area contributed by atoms with E-state index < -0.39 is 11.2 Å². The maximum atomic E-state index is 12.5. The van der Waals surface area contributed by atoms with E-state index in [1.807, 2.05) is 62.2 Å². The Hall–Kier alpha value is -3.72. The number of hydrogen-bond acceptors (Lipinski definition) is 7. The van der Waals surface area contributed by atoms with Crippen molar-refractivity contribution >= 4 is 33.6 Å². The Labute approximate surface area is 222 Å². The van der Waals surface area contributed by atoms with Gasteiger partial charge in [0.1, 0.15) is 11.4 Å².